The molecule has 0 fully saturated rings. The van der Waals surface area contributed by atoms with Crippen LogP contribution in [0, 0.1) is 6.92 Å². The number of rotatable bonds is 8. The normalized spacial score (nSPS) is 12.3. The van der Waals surface area contributed by atoms with E-state index >= 15 is 0 Å². The van der Waals surface area contributed by atoms with Crippen LogP contribution < -0.4 is 14.4 Å². The van der Waals surface area contributed by atoms with Crippen LogP contribution in [0.15, 0.2) is 48.5 Å². The third kappa shape index (κ3) is 5.47. The van der Waals surface area contributed by atoms with Gasteiger partial charge in [-0.1, -0.05) is 37.3 Å². The highest BCUT2D eigenvalue weighted by molar-refractivity contribution is 7.92. The molecule has 1 atom stereocenters. The summed E-state index contributed by atoms with van der Waals surface area (Å²) in [6.07, 6.45) is 1.78. The van der Waals surface area contributed by atoms with Gasteiger partial charge in [-0.25, -0.2) is 8.42 Å². The number of nitrogens with one attached hydrogen (secondary N) is 1. The van der Waals surface area contributed by atoms with Gasteiger partial charge < -0.3 is 10.1 Å². The molecule has 27 heavy (non-hydrogen) atoms. The van der Waals surface area contributed by atoms with E-state index in [9.17, 15) is 13.2 Å². The third-order valence-electron chi connectivity index (χ3n) is 4.30. The van der Waals surface area contributed by atoms with Crippen LogP contribution in [0.25, 0.3) is 0 Å². The zero-order chi connectivity index (χ0) is 20.0. The monoisotopic (exact) mass is 390 g/mol. The van der Waals surface area contributed by atoms with Crippen molar-refractivity contribution in [1.29, 1.82) is 0 Å². The van der Waals surface area contributed by atoms with Crippen molar-refractivity contribution in [1.82, 2.24) is 5.32 Å². The van der Waals surface area contributed by atoms with Gasteiger partial charge in [0.2, 0.25) is 15.9 Å². The van der Waals surface area contributed by atoms with Gasteiger partial charge in [-0.3, -0.25) is 9.10 Å². The second kappa shape index (κ2) is 8.90. The minimum atomic E-state index is -3.58. The minimum Gasteiger partial charge on any atom is -0.496 e. The van der Waals surface area contributed by atoms with Crippen LogP contribution in [0.3, 0.4) is 0 Å². The molecule has 0 aromatic heterocycles. The number of hydrogen-bond donors (Lipinski definition) is 1. The smallest absolute Gasteiger partial charge is 0.241 e. The van der Waals surface area contributed by atoms with Crippen molar-refractivity contribution >= 4 is 21.6 Å². The topological polar surface area (TPSA) is 75.7 Å². The van der Waals surface area contributed by atoms with Crippen molar-refractivity contribution in [3.8, 4) is 5.75 Å². The molecule has 7 heteroatoms. The first-order valence-electron chi connectivity index (χ1n) is 8.73. The van der Waals surface area contributed by atoms with Crippen molar-refractivity contribution in [3.63, 3.8) is 0 Å². The Hall–Kier alpha value is -2.54. The fourth-order valence-corrected chi connectivity index (χ4v) is 3.76. The summed E-state index contributed by atoms with van der Waals surface area (Å²) in [6, 6.07) is 14.1. The largest absolute Gasteiger partial charge is 0.496 e. The number of aryl methyl sites for hydroxylation is 1. The van der Waals surface area contributed by atoms with Gasteiger partial charge in [-0.15, -0.1) is 0 Å². The van der Waals surface area contributed by atoms with E-state index < -0.39 is 10.0 Å². The Labute approximate surface area is 161 Å². The molecule has 2 aromatic carbocycles. The van der Waals surface area contributed by atoms with Crippen LogP contribution in [0.1, 0.15) is 30.5 Å². The fraction of sp³-hybridized carbons (Fsp3) is 0.350. The molecule has 1 N–H and O–H groups in total. The molecule has 2 rings (SSSR count). The van der Waals surface area contributed by atoms with Gasteiger partial charge in [-0.2, -0.15) is 0 Å². The maximum Gasteiger partial charge on any atom is 0.241 e. The number of benzene rings is 2. The maximum atomic E-state index is 12.6. The van der Waals surface area contributed by atoms with E-state index in [0.29, 0.717) is 12.1 Å². The first-order valence-corrected chi connectivity index (χ1v) is 10.6. The standard InChI is InChI=1S/C20H26N2O4S/c1-5-18(16-11-12-19(26-3)15(2)13-16)21-20(23)14-22(27(4,24)25)17-9-7-6-8-10-17/h6-13,18H,5,14H2,1-4H3,(H,21,23)/t18-/m1/s1. The summed E-state index contributed by atoms with van der Waals surface area (Å²) in [5.74, 6) is 0.428. The minimum absolute atomic E-state index is 0.209. The van der Waals surface area contributed by atoms with Crippen molar-refractivity contribution in [2.24, 2.45) is 0 Å². The molecule has 0 aliphatic carbocycles. The molecule has 2 aromatic rings. The van der Waals surface area contributed by atoms with Gasteiger partial charge in [0, 0.05) is 0 Å². The van der Waals surface area contributed by atoms with Crippen LogP contribution in [0.5, 0.6) is 5.75 Å². The van der Waals surface area contributed by atoms with E-state index in [4.69, 9.17) is 4.74 Å². The zero-order valence-electron chi connectivity index (χ0n) is 16.1. The van der Waals surface area contributed by atoms with E-state index in [1.807, 2.05) is 32.0 Å². The lowest BCUT2D eigenvalue weighted by Crippen LogP contribution is -2.41. The van der Waals surface area contributed by atoms with Crippen molar-refractivity contribution in [2.45, 2.75) is 26.3 Å². The molecule has 0 unspecified atom stereocenters. The Morgan fingerprint density at radius 2 is 1.85 bits per heavy atom. The number of para-hydroxylation sites is 1. The molecule has 0 saturated carbocycles. The summed E-state index contributed by atoms with van der Waals surface area (Å²) in [4.78, 5) is 12.6. The number of carbonyl (C=O) groups excluding carboxylic acids is 1. The van der Waals surface area contributed by atoms with E-state index in [-0.39, 0.29) is 18.5 Å². The molecular formula is C20H26N2O4S. The molecule has 0 radical (unpaired) electrons. The summed E-state index contributed by atoms with van der Waals surface area (Å²) in [5.41, 5.74) is 2.39. The molecule has 0 aliphatic heterocycles. The molecular weight excluding hydrogens is 364 g/mol. The van der Waals surface area contributed by atoms with Crippen molar-refractivity contribution in [3.05, 3.63) is 59.7 Å². The van der Waals surface area contributed by atoms with Crippen LogP contribution in [-0.2, 0) is 14.8 Å². The van der Waals surface area contributed by atoms with E-state index in [0.717, 1.165) is 27.4 Å². The Kier molecular flexibility index (Phi) is 6.85. The van der Waals surface area contributed by atoms with E-state index in [2.05, 4.69) is 5.32 Å². The highest BCUT2D eigenvalue weighted by atomic mass is 32.2. The maximum absolute atomic E-state index is 12.6. The Morgan fingerprint density at radius 3 is 2.37 bits per heavy atom. The van der Waals surface area contributed by atoms with Gasteiger partial charge >= 0.3 is 0 Å². The highest BCUT2D eigenvalue weighted by Crippen LogP contribution is 2.24. The number of ether oxygens (including phenoxy) is 1. The summed E-state index contributed by atoms with van der Waals surface area (Å²) >= 11 is 0. The van der Waals surface area contributed by atoms with Crippen LogP contribution in [-0.4, -0.2) is 34.2 Å². The molecule has 0 heterocycles. The van der Waals surface area contributed by atoms with Crippen molar-refractivity contribution < 1.29 is 17.9 Å². The Morgan fingerprint density at radius 1 is 1.19 bits per heavy atom. The third-order valence-corrected chi connectivity index (χ3v) is 5.44. The summed E-state index contributed by atoms with van der Waals surface area (Å²) < 4.78 is 30.7. The zero-order valence-corrected chi connectivity index (χ0v) is 16.9. The predicted octanol–water partition coefficient (Wildman–Crippen LogP) is 3.04. The molecule has 0 bridgehead atoms. The summed E-state index contributed by atoms with van der Waals surface area (Å²) in [5, 5.41) is 2.93. The number of anilines is 1. The number of hydrogen-bond acceptors (Lipinski definition) is 4. The molecule has 0 aliphatic rings. The van der Waals surface area contributed by atoms with Gasteiger partial charge in [-0.05, 0) is 42.7 Å². The lowest BCUT2D eigenvalue weighted by Gasteiger charge is -2.24. The van der Waals surface area contributed by atoms with Crippen molar-refractivity contribution in [2.75, 3.05) is 24.2 Å². The predicted molar refractivity (Wildman–Crippen MR) is 108 cm³/mol. The lowest BCUT2D eigenvalue weighted by molar-refractivity contribution is -0.120. The van der Waals surface area contributed by atoms with Crippen LogP contribution in [0.2, 0.25) is 0 Å². The lowest BCUT2D eigenvalue weighted by atomic mass is 10.0. The second-order valence-corrected chi connectivity index (χ2v) is 8.27. The number of amides is 1. The summed E-state index contributed by atoms with van der Waals surface area (Å²) in [7, 11) is -1.96. The fourth-order valence-electron chi connectivity index (χ4n) is 2.90. The number of nitrogens with zero attached hydrogens (tertiary/aromatic N) is 1. The Balaban J connectivity index is 2.17. The van der Waals surface area contributed by atoms with Gasteiger partial charge in [0.15, 0.2) is 0 Å². The summed E-state index contributed by atoms with van der Waals surface area (Å²) in [6.45, 7) is 3.64. The van der Waals surface area contributed by atoms with Gasteiger partial charge in [0.05, 0.1) is 25.1 Å². The first-order chi connectivity index (χ1) is 12.8. The SMILES string of the molecule is CC[C@@H](NC(=O)CN(c1ccccc1)S(C)(=O)=O)c1ccc(OC)c(C)c1. The molecule has 6 nitrogen and oxygen atoms in total. The molecule has 0 spiro atoms. The average molecular weight is 391 g/mol. The quantitative estimate of drug-likeness (QED) is 0.752. The van der Waals surface area contributed by atoms with Crippen LogP contribution >= 0.6 is 0 Å². The molecule has 1 amide bonds. The number of carbonyl (C=O) groups is 1. The highest BCUT2D eigenvalue weighted by Gasteiger charge is 2.22. The molecule has 146 valence electrons. The van der Waals surface area contributed by atoms with Gasteiger partial charge in [0.1, 0.15) is 12.3 Å². The number of methoxy groups -OCH3 is 1. The van der Waals surface area contributed by atoms with Crippen LogP contribution in [0.4, 0.5) is 5.69 Å². The Bertz CT molecular complexity index is 882. The van der Waals surface area contributed by atoms with E-state index in [1.54, 1.807) is 37.4 Å². The number of sulfonamides is 1. The second-order valence-electron chi connectivity index (χ2n) is 6.36. The average Bonchev–Trinajstić information content (AvgIpc) is 2.64. The van der Waals surface area contributed by atoms with Gasteiger partial charge in [0.25, 0.3) is 0 Å². The van der Waals surface area contributed by atoms with E-state index in [1.165, 1.54) is 0 Å². The first kappa shape index (κ1) is 20.8. The molecule has 0 saturated heterocycles.